The number of aliphatic imine (C=N–C) groups is 1. The van der Waals surface area contributed by atoms with Crippen LogP contribution in [0.1, 0.15) is 23.2 Å². The molecule has 2 aromatic rings. The van der Waals surface area contributed by atoms with E-state index in [9.17, 15) is 21.6 Å². The minimum atomic E-state index is -3.81. The van der Waals surface area contributed by atoms with E-state index in [2.05, 4.69) is 26.3 Å². The normalized spacial score (nSPS) is 14.0. The summed E-state index contributed by atoms with van der Waals surface area (Å²) in [4.78, 5) is 16.6. The van der Waals surface area contributed by atoms with E-state index in [0.29, 0.717) is 18.8 Å². The lowest BCUT2D eigenvalue weighted by Gasteiger charge is -2.10. The van der Waals surface area contributed by atoms with Crippen molar-refractivity contribution in [3.8, 4) is 0 Å². The average Bonchev–Trinajstić information content (AvgIpc) is 3.25. The number of benzene rings is 2. The summed E-state index contributed by atoms with van der Waals surface area (Å²) in [5.41, 5.74) is 0.500. The summed E-state index contributed by atoms with van der Waals surface area (Å²) >= 11 is 0. The predicted octanol–water partition coefficient (Wildman–Crippen LogP) is 1.87. The van der Waals surface area contributed by atoms with Gasteiger partial charge in [-0.05, 0) is 48.9 Å². The third-order valence-electron chi connectivity index (χ3n) is 4.37. The summed E-state index contributed by atoms with van der Waals surface area (Å²) in [6.45, 7) is 4.14. The number of nitrogens with zero attached hydrogens (tertiary/aromatic N) is 1. The second-order valence-electron chi connectivity index (χ2n) is 6.68. The SMILES string of the molecule is C=CCNS(=O)(=O)c1ccc(C(=O)Nc2cccc(S(=O)(=O)NC3=NCCC3)c2)cc1. The minimum Gasteiger partial charge on any atom is -0.322 e. The Bertz CT molecular complexity index is 1220. The van der Waals surface area contributed by atoms with Gasteiger partial charge in [-0.25, -0.2) is 21.6 Å². The van der Waals surface area contributed by atoms with Crippen LogP contribution in [0.15, 0.2) is 76.0 Å². The predicted molar refractivity (Wildman–Crippen MR) is 118 cm³/mol. The van der Waals surface area contributed by atoms with Crippen LogP contribution in [0, 0.1) is 0 Å². The molecule has 3 rings (SSSR count). The molecule has 1 heterocycles. The molecule has 0 bridgehead atoms. The second kappa shape index (κ2) is 9.41. The fraction of sp³-hybridized carbons (Fsp3) is 0.200. The maximum atomic E-state index is 12.5. The molecule has 0 saturated carbocycles. The fourth-order valence-electron chi connectivity index (χ4n) is 2.82. The molecule has 0 aliphatic carbocycles. The maximum absolute atomic E-state index is 12.5. The molecule has 0 unspecified atom stereocenters. The Balaban J connectivity index is 1.72. The molecule has 0 spiro atoms. The Kier molecular flexibility index (Phi) is 6.88. The van der Waals surface area contributed by atoms with E-state index in [0.717, 1.165) is 6.42 Å². The number of rotatable bonds is 8. The third kappa shape index (κ3) is 5.78. The molecule has 31 heavy (non-hydrogen) atoms. The molecule has 164 valence electrons. The van der Waals surface area contributed by atoms with E-state index in [1.807, 2.05) is 0 Å². The Morgan fingerprint density at radius 2 is 1.77 bits per heavy atom. The Labute approximate surface area is 181 Å². The quantitative estimate of drug-likeness (QED) is 0.515. The summed E-state index contributed by atoms with van der Waals surface area (Å²) in [6.07, 6.45) is 2.80. The fourth-order valence-corrected chi connectivity index (χ4v) is 4.95. The molecule has 1 amide bonds. The molecular formula is C20H22N4O5S2. The molecule has 0 fully saturated rings. The van der Waals surface area contributed by atoms with Crippen molar-refractivity contribution in [1.29, 1.82) is 0 Å². The van der Waals surface area contributed by atoms with Gasteiger partial charge in [0.05, 0.1) is 9.79 Å². The number of hydrogen-bond acceptors (Lipinski definition) is 6. The molecule has 9 nitrogen and oxygen atoms in total. The van der Waals surface area contributed by atoms with Crippen LogP contribution in [0.5, 0.6) is 0 Å². The van der Waals surface area contributed by atoms with E-state index in [-0.39, 0.29) is 27.6 Å². The summed E-state index contributed by atoms with van der Waals surface area (Å²) in [5.74, 6) is -0.0854. The molecule has 0 saturated heterocycles. The molecule has 0 radical (unpaired) electrons. The van der Waals surface area contributed by atoms with Crippen molar-refractivity contribution in [2.45, 2.75) is 22.6 Å². The van der Waals surface area contributed by atoms with E-state index < -0.39 is 26.0 Å². The molecule has 0 aromatic heterocycles. The Morgan fingerprint density at radius 1 is 1.03 bits per heavy atom. The van der Waals surface area contributed by atoms with Gasteiger partial charge in [-0.1, -0.05) is 12.1 Å². The number of carbonyl (C=O) groups is 1. The number of amidine groups is 1. The first-order valence-electron chi connectivity index (χ1n) is 9.39. The van der Waals surface area contributed by atoms with Crippen LogP contribution in [0.4, 0.5) is 5.69 Å². The number of amides is 1. The van der Waals surface area contributed by atoms with Gasteiger partial charge in [0, 0.05) is 30.8 Å². The van der Waals surface area contributed by atoms with Gasteiger partial charge in [0.1, 0.15) is 5.84 Å². The van der Waals surface area contributed by atoms with Crippen molar-refractivity contribution in [2.24, 2.45) is 4.99 Å². The molecule has 3 N–H and O–H groups in total. The topological polar surface area (TPSA) is 134 Å². The van der Waals surface area contributed by atoms with Gasteiger partial charge in [0.2, 0.25) is 10.0 Å². The number of sulfonamides is 2. The van der Waals surface area contributed by atoms with Gasteiger partial charge in [0.15, 0.2) is 0 Å². The van der Waals surface area contributed by atoms with Crippen LogP contribution in [0.3, 0.4) is 0 Å². The third-order valence-corrected chi connectivity index (χ3v) is 7.19. The zero-order valence-corrected chi connectivity index (χ0v) is 18.2. The summed E-state index contributed by atoms with van der Waals surface area (Å²) in [7, 11) is -7.50. The van der Waals surface area contributed by atoms with Gasteiger partial charge in [-0.15, -0.1) is 6.58 Å². The lowest BCUT2D eigenvalue weighted by Crippen LogP contribution is -2.29. The molecule has 11 heteroatoms. The Morgan fingerprint density at radius 3 is 2.42 bits per heavy atom. The van der Waals surface area contributed by atoms with E-state index in [4.69, 9.17) is 0 Å². The monoisotopic (exact) mass is 462 g/mol. The zero-order valence-electron chi connectivity index (χ0n) is 16.5. The molecule has 1 aliphatic rings. The van der Waals surface area contributed by atoms with Crippen molar-refractivity contribution in [2.75, 3.05) is 18.4 Å². The number of carbonyl (C=O) groups excluding carboxylic acids is 1. The lowest BCUT2D eigenvalue weighted by molar-refractivity contribution is 0.102. The molecule has 1 aliphatic heterocycles. The summed E-state index contributed by atoms with van der Waals surface area (Å²) in [5, 5.41) is 2.62. The molecular weight excluding hydrogens is 440 g/mol. The summed E-state index contributed by atoms with van der Waals surface area (Å²) < 4.78 is 54.0. The van der Waals surface area contributed by atoms with Crippen LogP contribution in [-0.2, 0) is 20.0 Å². The Hall–Kier alpha value is -3.02. The van der Waals surface area contributed by atoms with Crippen LogP contribution in [0.2, 0.25) is 0 Å². The largest absolute Gasteiger partial charge is 0.322 e. The highest BCUT2D eigenvalue weighted by Crippen LogP contribution is 2.18. The first-order chi connectivity index (χ1) is 14.7. The van der Waals surface area contributed by atoms with Gasteiger partial charge < -0.3 is 5.32 Å². The van der Waals surface area contributed by atoms with E-state index in [1.165, 1.54) is 48.5 Å². The number of nitrogens with one attached hydrogen (secondary N) is 3. The molecule has 0 atom stereocenters. The smallest absolute Gasteiger partial charge is 0.262 e. The van der Waals surface area contributed by atoms with Crippen LogP contribution in [-0.4, -0.2) is 41.7 Å². The minimum absolute atomic E-state index is 0.00497. The average molecular weight is 463 g/mol. The van der Waals surface area contributed by atoms with Crippen molar-refractivity contribution >= 4 is 37.5 Å². The van der Waals surface area contributed by atoms with Crippen LogP contribution >= 0.6 is 0 Å². The van der Waals surface area contributed by atoms with E-state index >= 15 is 0 Å². The first kappa shape index (κ1) is 22.7. The second-order valence-corrected chi connectivity index (χ2v) is 10.1. The van der Waals surface area contributed by atoms with Gasteiger partial charge >= 0.3 is 0 Å². The molecule has 2 aromatic carbocycles. The number of anilines is 1. The standard InChI is InChI=1S/C20H22N4O5S2/c1-2-12-22-30(26,27)17-10-8-15(9-11-17)20(25)23-16-5-3-6-18(14-16)31(28,29)24-19-7-4-13-21-19/h2-3,5-6,8-11,14,22H,1,4,7,12-13H2,(H,21,24)(H,23,25). The number of hydrogen-bond donors (Lipinski definition) is 3. The van der Waals surface area contributed by atoms with Gasteiger partial charge in [-0.2, -0.15) is 0 Å². The van der Waals surface area contributed by atoms with Crippen molar-refractivity contribution in [3.63, 3.8) is 0 Å². The lowest BCUT2D eigenvalue weighted by atomic mass is 10.2. The highest BCUT2D eigenvalue weighted by atomic mass is 32.2. The zero-order chi connectivity index (χ0) is 22.5. The summed E-state index contributed by atoms with van der Waals surface area (Å²) in [6, 6.07) is 11.2. The van der Waals surface area contributed by atoms with E-state index in [1.54, 1.807) is 6.07 Å². The first-order valence-corrected chi connectivity index (χ1v) is 12.4. The van der Waals surface area contributed by atoms with Crippen LogP contribution < -0.4 is 14.8 Å². The maximum Gasteiger partial charge on any atom is 0.262 e. The van der Waals surface area contributed by atoms with Gasteiger partial charge in [-0.3, -0.25) is 14.5 Å². The van der Waals surface area contributed by atoms with Crippen molar-refractivity contribution in [1.82, 2.24) is 9.44 Å². The van der Waals surface area contributed by atoms with Gasteiger partial charge in [0.25, 0.3) is 15.9 Å². The highest BCUT2D eigenvalue weighted by molar-refractivity contribution is 7.90. The van der Waals surface area contributed by atoms with Crippen molar-refractivity contribution < 1.29 is 21.6 Å². The van der Waals surface area contributed by atoms with Crippen LogP contribution in [0.25, 0.3) is 0 Å². The van der Waals surface area contributed by atoms with Crippen molar-refractivity contribution in [3.05, 3.63) is 66.7 Å². The highest BCUT2D eigenvalue weighted by Gasteiger charge is 2.19.